The van der Waals surface area contributed by atoms with Crippen LogP contribution in [0.15, 0.2) is 11.6 Å². The third-order valence-electron chi connectivity index (χ3n) is 7.86. The Hall–Kier alpha value is -0.630. The summed E-state index contributed by atoms with van der Waals surface area (Å²) in [4.78, 5) is 8.00. The first kappa shape index (κ1) is 18.7. The van der Waals surface area contributed by atoms with Crippen LogP contribution in [0.5, 0.6) is 0 Å². The second-order valence-electron chi connectivity index (χ2n) is 8.58. The minimum atomic E-state index is -0.167. The van der Waals surface area contributed by atoms with Gasteiger partial charge < -0.3 is 9.90 Å². The minimum Gasteiger partial charge on any atom is -0.393 e. The molecule has 3 aliphatic carbocycles. The van der Waals surface area contributed by atoms with Crippen molar-refractivity contribution in [1.29, 1.82) is 0 Å². The molecule has 3 rings (SSSR count). The van der Waals surface area contributed by atoms with E-state index in [1.165, 1.54) is 51.4 Å². The molecule has 2 saturated carbocycles. The van der Waals surface area contributed by atoms with E-state index in [9.17, 15) is 5.11 Å². The number of rotatable bonds is 2. The van der Waals surface area contributed by atoms with Crippen molar-refractivity contribution in [3.05, 3.63) is 11.6 Å². The van der Waals surface area contributed by atoms with Gasteiger partial charge in [-0.05, 0) is 80.5 Å². The van der Waals surface area contributed by atoms with Crippen molar-refractivity contribution in [2.45, 2.75) is 85.2 Å². The molecule has 23 heavy (non-hydrogen) atoms. The van der Waals surface area contributed by atoms with Crippen molar-refractivity contribution in [2.24, 2.45) is 28.6 Å². The first-order chi connectivity index (χ1) is 10.9. The van der Waals surface area contributed by atoms with Gasteiger partial charge in [0.05, 0.1) is 6.10 Å². The summed E-state index contributed by atoms with van der Waals surface area (Å²) in [5.74, 6) is 2.41. The molecule has 1 N–H and O–H groups in total. The molecule has 6 atom stereocenters. The number of hydrogen-bond donors (Lipinski definition) is 1. The molecule has 2 heteroatoms. The first-order valence-electron chi connectivity index (χ1n) is 9.60. The Morgan fingerprint density at radius 1 is 1.30 bits per heavy atom. The average molecular weight is 321 g/mol. The topological polar surface area (TPSA) is 37.3 Å². The van der Waals surface area contributed by atoms with Gasteiger partial charge in [0.15, 0.2) is 0 Å². The van der Waals surface area contributed by atoms with Crippen LogP contribution in [0.1, 0.15) is 79.1 Å². The molecule has 0 spiro atoms. The van der Waals surface area contributed by atoms with Gasteiger partial charge in [0.1, 0.15) is 6.79 Å². The SMILES string of the molecule is C=O.CC[C@H]1[C@@H]2CCC3=CCCCC3(C)C2CC[C@]1(C)[C@H](C)O. The zero-order chi connectivity index (χ0) is 17.3. The molecule has 0 aromatic carbocycles. The van der Waals surface area contributed by atoms with Crippen LogP contribution in [-0.4, -0.2) is 18.0 Å². The number of carbonyl (C=O) groups is 1. The Balaban J connectivity index is 0.000000924. The van der Waals surface area contributed by atoms with Crippen molar-refractivity contribution in [1.82, 2.24) is 0 Å². The summed E-state index contributed by atoms with van der Waals surface area (Å²) in [5, 5.41) is 10.4. The Morgan fingerprint density at radius 3 is 2.61 bits per heavy atom. The van der Waals surface area contributed by atoms with E-state index < -0.39 is 0 Å². The monoisotopic (exact) mass is 320 g/mol. The molecule has 132 valence electrons. The van der Waals surface area contributed by atoms with Gasteiger partial charge in [0, 0.05) is 0 Å². The molecule has 2 unspecified atom stereocenters. The van der Waals surface area contributed by atoms with E-state index in [4.69, 9.17) is 4.79 Å². The third-order valence-corrected chi connectivity index (χ3v) is 7.86. The van der Waals surface area contributed by atoms with Crippen LogP contribution >= 0.6 is 0 Å². The van der Waals surface area contributed by atoms with Gasteiger partial charge in [-0.1, -0.05) is 38.8 Å². The van der Waals surface area contributed by atoms with Crippen LogP contribution in [0.3, 0.4) is 0 Å². The molecular weight excluding hydrogens is 284 g/mol. The molecular formula is C21H36O2. The molecule has 0 radical (unpaired) electrons. The molecule has 0 aliphatic heterocycles. The summed E-state index contributed by atoms with van der Waals surface area (Å²) in [7, 11) is 0. The molecule has 2 nitrogen and oxygen atoms in total. The van der Waals surface area contributed by atoms with E-state index in [-0.39, 0.29) is 11.5 Å². The average Bonchev–Trinajstić information content (AvgIpc) is 2.55. The fraction of sp³-hybridized carbons (Fsp3) is 0.857. The highest BCUT2D eigenvalue weighted by molar-refractivity contribution is 5.23. The minimum absolute atomic E-state index is 0.141. The Bertz CT molecular complexity index is 441. The number of fused-ring (bicyclic) bond motifs is 3. The lowest BCUT2D eigenvalue weighted by Gasteiger charge is -2.59. The zero-order valence-electron chi connectivity index (χ0n) is 15.6. The van der Waals surface area contributed by atoms with E-state index >= 15 is 0 Å². The van der Waals surface area contributed by atoms with Crippen LogP contribution < -0.4 is 0 Å². The molecule has 0 heterocycles. The maximum atomic E-state index is 10.4. The highest BCUT2D eigenvalue weighted by Crippen LogP contribution is 2.62. The van der Waals surface area contributed by atoms with Gasteiger partial charge in [0.2, 0.25) is 0 Å². The summed E-state index contributed by atoms with van der Waals surface area (Å²) < 4.78 is 0. The summed E-state index contributed by atoms with van der Waals surface area (Å²) >= 11 is 0. The van der Waals surface area contributed by atoms with Crippen molar-refractivity contribution >= 4 is 6.79 Å². The smallest absolute Gasteiger partial charge is 0.106 e. The zero-order valence-corrected chi connectivity index (χ0v) is 15.6. The molecule has 3 aliphatic rings. The van der Waals surface area contributed by atoms with E-state index in [2.05, 4.69) is 26.8 Å². The maximum absolute atomic E-state index is 10.4. The summed E-state index contributed by atoms with van der Waals surface area (Å²) in [6.45, 7) is 11.3. The second-order valence-corrected chi connectivity index (χ2v) is 8.58. The maximum Gasteiger partial charge on any atom is 0.106 e. The highest BCUT2D eigenvalue weighted by Gasteiger charge is 2.55. The fourth-order valence-corrected chi connectivity index (χ4v) is 6.39. The molecule has 0 aromatic rings. The van der Waals surface area contributed by atoms with Crippen LogP contribution in [0.2, 0.25) is 0 Å². The predicted molar refractivity (Wildman–Crippen MR) is 96.2 cm³/mol. The van der Waals surface area contributed by atoms with Crippen LogP contribution in [0.25, 0.3) is 0 Å². The lowest BCUT2D eigenvalue weighted by Crippen LogP contribution is -2.53. The summed E-state index contributed by atoms with van der Waals surface area (Å²) in [6, 6.07) is 0. The van der Waals surface area contributed by atoms with Crippen LogP contribution in [0.4, 0.5) is 0 Å². The molecule has 0 amide bonds. The van der Waals surface area contributed by atoms with Gasteiger partial charge in [-0.15, -0.1) is 0 Å². The van der Waals surface area contributed by atoms with Crippen LogP contribution in [-0.2, 0) is 4.79 Å². The second kappa shape index (κ2) is 7.09. The first-order valence-corrected chi connectivity index (χ1v) is 9.60. The molecule has 2 fully saturated rings. The van der Waals surface area contributed by atoms with E-state index in [1.807, 2.05) is 13.7 Å². The quantitative estimate of drug-likeness (QED) is 0.714. The van der Waals surface area contributed by atoms with Gasteiger partial charge in [-0.2, -0.15) is 0 Å². The van der Waals surface area contributed by atoms with E-state index in [1.54, 1.807) is 5.57 Å². The normalized spacial score (nSPS) is 44.0. The summed E-state index contributed by atoms with van der Waals surface area (Å²) in [5.41, 5.74) is 2.40. The Labute approximate surface area is 142 Å². The van der Waals surface area contributed by atoms with Crippen molar-refractivity contribution in [2.75, 3.05) is 0 Å². The van der Waals surface area contributed by atoms with Crippen LogP contribution in [0, 0.1) is 28.6 Å². The number of hydrogen-bond acceptors (Lipinski definition) is 2. The van der Waals surface area contributed by atoms with Gasteiger partial charge in [0.25, 0.3) is 0 Å². The van der Waals surface area contributed by atoms with Crippen molar-refractivity contribution in [3.63, 3.8) is 0 Å². The van der Waals surface area contributed by atoms with Crippen molar-refractivity contribution in [3.8, 4) is 0 Å². The summed E-state index contributed by atoms with van der Waals surface area (Å²) in [6.07, 6.45) is 13.0. The standard InChI is InChI=1S/C20H34O.CH2O/c1-5-17-16-10-9-15-8-6-7-12-20(15,4)18(16)11-13-19(17,3)14(2)21;1-2/h8,14,16-18,21H,5-7,9-13H2,1-4H3;1H2/t14-,16-,17-,18?,19+,20?;/m0./s1. The lowest BCUT2D eigenvalue weighted by molar-refractivity contribution is -0.103. The number of aliphatic hydroxyl groups excluding tert-OH is 1. The van der Waals surface area contributed by atoms with E-state index in [0.717, 1.165) is 11.8 Å². The Morgan fingerprint density at radius 2 is 2.00 bits per heavy atom. The van der Waals surface area contributed by atoms with Gasteiger partial charge in [-0.3, -0.25) is 0 Å². The van der Waals surface area contributed by atoms with Gasteiger partial charge in [-0.25, -0.2) is 0 Å². The molecule has 0 aromatic heterocycles. The number of carbonyl (C=O) groups excluding carboxylic acids is 1. The fourth-order valence-electron chi connectivity index (χ4n) is 6.39. The number of allylic oxidation sites excluding steroid dienone is 2. The predicted octanol–water partition coefficient (Wildman–Crippen LogP) is 5.15. The lowest BCUT2D eigenvalue weighted by atomic mass is 9.46. The Kier molecular flexibility index (Phi) is 5.76. The third kappa shape index (κ3) is 2.92. The largest absolute Gasteiger partial charge is 0.393 e. The molecule has 0 bridgehead atoms. The highest BCUT2D eigenvalue weighted by atomic mass is 16.3. The van der Waals surface area contributed by atoms with Gasteiger partial charge >= 0.3 is 0 Å². The number of aliphatic hydroxyl groups is 1. The molecule has 0 saturated heterocycles. The van der Waals surface area contributed by atoms with E-state index in [0.29, 0.717) is 11.3 Å². The van der Waals surface area contributed by atoms with Crippen molar-refractivity contribution < 1.29 is 9.90 Å².